The van der Waals surface area contributed by atoms with E-state index in [0.29, 0.717) is 18.5 Å². The maximum atomic E-state index is 9.85. The number of nitrogens with one attached hydrogen (secondary N) is 1. The van der Waals surface area contributed by atoms with Gasteiger partial charge in [-0.05, 0) is 12.8 Å². The highest BCUT2D eigenvalue weighted by molar-refractivity contribution is 5.08. The van der Waals surface area contributed by atoms with Crippen LogP contribution in [-0.4, -0.2) is 27.5 Å². The van der Waals surface area contributed by atoms with Crippen LogP contribution in [0.25, 0.3) is 0 Å². The minimum atomic E-state index is -0.472. The zero-order valence-electron chi connectivity index (χ0n) is 9.94. The molecule has 0 saturated heterocycles. The molecule has 4 heteroatoms. The predicted molar refractivity (Wildman–Crippen MR) is 60.5 cm³/mol. The lowest BCUT2D eigenvalue weighted by molar-refractivity contribution is 0.167. The third-order valence-electron chi connectivity index (χ3n) is 2.74. The smallest absolute Gasteiger partial charge is 0.0944 e. The van der Waals surface area contributed by atoms with E-state index in [4.69, 9.17) is 0 Å². The van der Waals surface area contributed by atoms with Crippen molar-refractivity contribution in [3.63, 3.8) is 0 Å². The molecule has 1 heterocycles. The Morgan fingerprint density at radius 2 is 2.13 bits per heavy atom. The second kappa shape index (κ2) is 5.28. The highest BCUT2D eigenvalue weighted by atomic mass is 16.3. The van der Waals surface area contributed by atoms with Crippen LogP contribution in [-0.2, 0) is 7.05 Å². The number of aromatic nitrogens is 2. The molecule has 0 aliphatic carbocycles. The summed E-state index contributed by atoms with van der Waals surface area (Å²) in [5, 5.41) is 17.2. The minimum Gasteiger partial charge on any atom is -0.387 e. The van der Waals surface area contributed by atoms with E-state index in [1.807, 2.05) is 13.2 Å². The summed E-state index contributed by atoms with van der Waals surface area (Å²) >= 11 is 0. The highest BCUT2D eigenvalue weighted by Crippen LogP contribution is 2.10. The summed E-state index contributed by atoms with van der Waals surface area (Å²) in [5.74, 6) is 0.575. The van der Waals surface area contributed by atoms with E-state index in [1.54, 1.807) is 10.9 Å². The lowest BCUT2D eigenvalue weighted by Gasteiger charge is -2.19. The molecule has 15 heavy (non-hydrogen) atoms. The number of aliphatic hydroxyl groups excluding tert-OH is 1. The molecule has 0 aliphatic rings. The normalized spacial score (nSPS) is 15.6. The van der Waals surface area contributed by atoms with E-state index in [9.17, 15) is 5.11 Å². The van der Waals surface area contributed by atoms with Crippen LogP contribution in [0.15, 0.2) is 12.4 Å². The van der Waals surface area contributed by atoms with Crippen LogP contribution in [0.5, 0.6) is 0 Å². The first-order chi connectivity index (χ1) is 7.00. The van der Waals surface area contributed by atoms with Gasteiger partial charge in [-0.1, -0.05) is 13.8 Å². The highest BCUT2D eigenvalue weighted by Gasteiger charge is 2.12. The molecule has 2 N–H and O–H groups in total. The SMILES string of the molecule is CC(C)C(C)NCC(O)c1cnn(C)c1. The molecule has 2 unspecified atom stereocenters. The molecule has 0 amide bonds. The molecule has 0 aliphatic heterocycles. The molecule has 86 valence electrons. The molecular weight excluding hydrogens is 190 g/mol. The number of hydrogen-bond donors (Lipinski definition) is 2. The fraction of sp³-hybridized carbons (Fsp3) is 0.727. The fourth-order valence-corrected chi connectivity index (χ4v) is 1.26. The van der Waals surface area contributed by atoms with E-state index in [2.05, 4.69) is 31.2 Å². The van der Waals surface area contributed by atoms with Crippen molar-refractivity contribution in [2.75, 3.05) is 6.54 Å². The van der Waals surface area contributed by atoms with E-state index >= 15 is 0 Å². The number of rotatable bonds is 5. The average molecular weight is 211 g/mol. The van der Waals surface area contributed by atoms with Gasteiger partial charge < -0.3 is 10.4 Å². The van der Waals surface area contributed by atoms with Crippen LogP contribution in [0.1, 0.15) is 32.4 Å². The van der Waals surface area contributed by atoms with Crippen LogP contribution >= 0.6 is 0 Å². The Kier molecular flexibility index (Phi) is 4.29. The Balaban J connectivity index is 2.39. The molecule has 1 rings (SSSR count). The Bertz CT molecular complexity index is 296. The van der Waals surface area contributed by atoms with Crippen molar-refractivity contribution in [1.82, 2.24) is 15.1 Å². The van der Waals surface area contributed by atoms with Gasteiger partial charge in [0, 0.05) is 31.4 Å². The predicted octanol–water partition coefficient (Wildman–Crippen LogP) is 1.09. The zero-order valence-corrected chi connectivity index (χ0v) is 9.94. The molecule has 4 nitrogen and oxygen atoms in total. The van der Waals surface area contributed by atoms with E-state index in [1.165, 1.54) is 0 Å². The Morgan fingerprint density at radius 3 is 2.60 bits per heavy atom. The summed E-state index contributed by atoms with van der Waals surface area (Å²) in [6.45, 7) is 7.02. The maximum absolute atomic E-state index is 9.85. The number of hydrogen-bond acceptors (Lipinski definition) is 3. The van der Waals surface area contributed by atoms with Crippen molar-refractivity contribution in [3.8, 4) is 0 Å². The molecular formula is C11H21N3O. The number of aliphatic hydroxyl groups is 1. The van der Waals surface area contributed by atoms with E-state index < -0.39 is 6.10 Å². The summed E-state index contributed by atoms with van der Waals surface area (Å²) in [7, 11) is 1.85. The van der Waals surface area contributed by atoms with Crippen molar-refractivity contribution in [1.29, 1.82) is 0 Å². The van der Waals surface area contributed by atoms with Gasteiger partial charge in [0.1, 0.15) is 0 Å². The van der Waals surface area contributed by atoms with Gasteiger partial charge in [0.15, 0.2) is 0 Å². The molecule has 1 aromatic heterocycles. The number of nitrogens with zero attached hydrogens (tertiary/aromatic N) is 2. The van der Waals surface area contributed by atoms with Gasteiger partial charge in [-0.15, -0.1) is 0 Å². The average Bonchev–Trinajstić information content (AvgIpc) is 2.60. The van der Waals surface area contributed by atoms with Crippen molar-refractivity contribution >= 4 is 0 Å². The quantitative estimate of drug-likeness (QED) is 0.766. The lowest BCUT2D eigenvalue weighted by Crippen LogP contribution is -2.34. The molecule has 1 aromatic rings. The fourth-order valence-electron chi connectivity index (χ4n) is 1.26. The van der Waals surface area contributed by atoms with Gasteiger partial charge in [0.25, 0.3) is 0 Å². The topological polar surface area (TPSA) is 50.1 Å². The Labute approximate surface area is 91.3 Å². The van der Waals surface area contributed by atoms with Crippen LogP contribution in [0.3, 0.4) is 0 Å². The van der Waals surface area contributed by atoms with E-state index in [0.717, 1.165) is 5.56 Å². The third-order valence-corrected chi connectivity index (χ3v) is 2.74. The second-order valence-corrected chi connectivity index (χ2v) is 4.40. The van der Waals surface area contributed by atoms with Crippen LogP contribution in [0.2, 0.25) is 0 Å². The molecule has 0 fully saturated rings. The number of aryl methyl sites for hydroxylation is 1. The van der Waals surface area contributed by atoms with Gasteiger partial charge in [0.05, 0.1) is 12.3 Å². The summed E-state index contributed by atoms with van der Waals surface area (Å²) in [5.41, 5.74) is 0.862. The van der Waals surface area contributed by atoms with Crippen molar-refractivity contribution in [3.05, 3.63) is 18.0 Å². The molecule has 0 spiro atoms. The van der Waals surface area contributed by atoms with Gasteiger partial charge in [-0.3, -0.25) is 4.68 Å². The Morgan fingerprint density at radius 1 is 1.47 bits per heavy atom. The van der Waals surface area contributed by atoms with Crippen LogP contribution in [0, 0.1) is 5.92 Å². The third kappa shape index (κ3) is 3.64. The minimum absolute atomic E-state index is 0.413. The molecule has 0 aromatic carbocycles. The summed E-state index contributed by atoms with van der Waals surface area (Å²) < 4.78 is 1.70. The van der Waals surface area contributed by atoms with Crippen LogP contribution < -0.4 is 5.32 Å². The van der Waals surface area contributed by atoms with Crippen LogP contribution in [0.4, 0.5) is 0 Å². The Hall–Kier alpha value is -0.870. The van der Waals surface area contributed by atoms with Crippen molar-refractivity contribution in [2.24, 2.45) is 13.0 Å². The van der Waals surface area contributed by atoms with Crippen molar-refractivity contribution in [2.45, 2.75) is 32.9 Å². The summed E-state index contributed by atoms with van der Waals surface area (Å²) in [4.78, 5) is 0. The monoisotopic (exact) mass is 211 g/mol. The molecule has 0 radical (unpaired) electrons. The molecule has 0 saturated carbocycles. The molecule has 2 atom stereocenters. The first-order valence-corrected chi connectivity index (χ1v) is 5.40. The first-order valence-electron chi connectivity index (χ1n) is 5.40. The molecule has 0 bridgehead atoms. The second-order valence-electron chi connectivity index (χ2n) is 4.40. The lowest BCUT2D eigenvalue weighted by atomic mass is 10.1. The van der Waals surface area contributed by atoms with Crippen molar-refractivity contribution < 1.29 is 5.11 Å². The summed E-state index contributed by atoms with van der Waals surface area (Å²) in [6.07, 6.45) is 3.07. The van der Waals surface area contributed by atoms with Gasteiger partial charge in [-0.2, -0.15) is 5.10 Å². The largest absolute Gasteiger partial charge is 0.387 e. The maximum Gasteiger partial charge on any atom is 0.0944 e. The van der Waals surface area contributed by atoms with Gasteiger partial charge in [-0.25, -0.2) is 0 Å². The van der Waals surface area contributed by atoms with E-state index in [-0.39, 0.29) is 0 Å². The van der Waals surface area contributed by atoms with Gasteiger partial charge in [0.2, 0.25) is 0 Å². The standard InChI is InChI=1S/C11H21N3O/c1-8(2)9(3)12-6-11(15)10-5-13-14(4)7-10/h5,7-9,11-12,15H,6H2,1-4H3. The van der Waals surface area contributed by atoms with Gasteiger partial charge >= 0.3 is 0 Å². The zero-order chi connectivity index (χ0) is 11.4. The first kappa shape index (κ1) is 12.2. The summed E-state index contributed by atoms with van der Waals surface area (Å²) in [6, 6.07) is 0.413.